The SMILES string of the molecule is c1ccc(Oc2cc(CNc3ncnc4scnc34)ccn2)cc1. The number of ether oxygens (including phenoxy) is 1. The number of thiazole rings is 1. The van der Waals surface area contributed by atoms with E-state index in [2.05, 4.69) is 25.3 Å². The van der Waals surface area contributed by atoms with Crippen LogP contribution in [0.25, 0.3) is 10.3 Å². The summed E-state index contributed by atoms with van der Waals surface area (Å²) in [6.07, 6.45) is 3.27. The minimum Gasteiger partial charge on any atom is -0.439 e. The zero-order chi connectivity index (χ0) is 16.2. The van der Waals surface area contributed by atoms with Gasteiger partial charge in [0.1, 0.15) is 22.4 Å². The van der Waals surface area contributed by atoms with Gasteiger partial charge >= 0.3 is 0 Å². The van der Waals surface area contributed by atoms with Crippen molar-refractivity contribution in [1.29, 1.82) is 0 Å². The van der Waals surface area contributed by atoms with Crippen molar-refractivity contribution < 1.29 is 4.74 Å². The molecular weight excluding hydrogens is 322 g/mol. The van der Waals surface area contributed by atoms with Crippen LogP contribution in [0, 0.1) is 0 Å². The molecule has 0 bridgehead atoms. The number of hydrogen-bond acceptors (Lipinski definition) is 7. The summed E-state index contributed by atoms with van der Waals surface area (Å²) < 4.78 is 5.75. The van der Waals surface area contributed by atoms with Crippen molar-refractivity contribution in [1.82, 2.24) is 19.9 Å². The van der Waals surface area contributed by atoms with Crippen molar-refractivity contribution in [2.24, 2.45) is 0 Å². The maximum atomic E-state index is 5.75. The van der Waals surface area contributed by atoms with Gasteiger partial charge in [0.25, 0.3) is 0 Å². The van der Waals surface area contributed by atoms with Crippen LogP contribution in [0.2, 0.25) is 0 Å². The molecule has 0 fully saturated rings. The third kappa shape index (κ3) is 3.16. The van der Waals surface area contributed by atoms with E-state index in [-0.39, 0.29) is 0 Å². The van der Waals surface area contributed by atoms with Gasteiger partial charge in [-0.3, -0.25) is 0 Å². The maximum absolute atomic E-state index is 5.75. The van der Waals surface area contributed by atoms with E-state index in [9.17, 15) is 0 Å². The van der Waals surface area contributed by atoms with Crippen molar-refractivity contribution in [2.45, 2.75) is 6.54 Å². The van der Waals surface area contributed by atoms with Gasteiger partial charge in [-0.1, -0.05) is 18.2 Å². The normalized spacial score (nSPS) is 10.7. The van der Waals surface area contributed by atoms with E-state index in [1.54, 1.807) is 18.0 Å². The van der Waals surface area contributed by atoms with Crippen molar-refractivity contribution in [3.8, 4) is 11.6 Å². The first-order chi connectivity index (χ1) is 11.9. The molecule has 0 aliphatic heterocycles. The zero-order valence-electron chi connectivity index (χ0n) is 12.6. The Bertz CT molecular complexity index is 957. The van der Waals surface area contributed by atoms with Crippen molar-refractivity contribution in [3.05, 3.63) is 66.1 Å². The van der Waals surface area contributed by atoms with Crippen LogP contribution < -0.4 is 10.1 Å². The summed E-state index contributed by atoms with van der Waals surface area (Å²) in [5.74, 6) is 2.04. The first-order valence-corrected chi connectivity index (χ1v) is 8.22. The number of nitrogens with zero attached hydrogens (tertiary/aromatic N) is 4. The minimum atomic E-state index is 0.557. The summed E-state index contributed by atoms with van der Waals surface area (Å²) in [6.45, 7) is 0.595. The van der Waals surface area contributed by atoms with E-state index in [1.165, 1.54) is 11.3 Å². The van der Waals surface area contributed by atoms with Gasteiger partial charge in [0.15, 0.2) is 5.82 Å². The van der Waals surface area contributed by atoms with E-state index in [4.69, 9.17) is 4.74 Å². The second-order valence-electron chi connectivity index (χ2n) is 5.00. The predicted molar refractivity (Wildman–Crippen MR) is 93.3 cm³/mol. The Morgan fingerprint density at radius 3 is 2.83 bits per heavy atom. The van der Waals surface area contributed by atoms with E-state index in [0.717, 1.165) is 27.5 Å². The highest BCUT2D eigenvalue weighted by Crippen LogP contribution is 2.22. The molecule has 0 radical (unpaired) electrons. The molecule has 118 valence electrons. The van der Waals surface area contributed by atoms with Crippen LogP contribution in [0.4, 0.5) is 5.82 Å². The second-order valence-corrected chi connectivity index (χ2v) is 5.83. The highest BCUT2D eigenvalue weighted by molar-refractivity contribution is 7.16. The topological polar surface area (TPSA) is 72.8 Å². The van der Waals surface area contributed by atoms with E-state index in [1.807, 2.05) is 42.5 Å². The van der Waals surface area contributed by atoms with Crippen LogP contribution in [0.3, 0.4) is 0 Å². The number of pyridine rings is 1. The number of para-hydroxylation sites is 1. The summed E-state index contributed by atoms with van der Waals surface area (Å²) in [5, 5.41) is 3.29. The van der Waals surface area contributed by atoms with Gasteiger partial charge in [0, 0.05) is 18.8 Å². The number of rotatable bonds is 5. The number of aromatic nitrogens is 4. The smallest absolute Gasteiger partial charge is 0.219 e. The fourth-order valence-corrected chi connectivity index (χ4v) is 2.86. The number of benzene rings is 1. The average molecular weight is 335 g/mol. The molecule has 0 amide bonds. The van der Waals surface area contributed by atoms with Crippen LogP contribution in [-0.2, 0) is 6.54 Å². The molecule has 0 unspecified atom stereocenters. The third-order valence-electron chi connectivity index (χ3n) is 3.36. The Balaban J connectivity index is 1.49. The summed E-state index contributed by atoms with van der Waals surface area (Å²) in [6, 6.07) is 13.4. The molecule has 3 aromatic heterocycles. The average Bonchev–Trinajstić information content (AvgIpc) is 3.10. The molecule has 6 nitrogen and oxygen atoms in total. The number of hydrogen-bond donors (Lipinski definition) is 1. The Kier molecular flexibility index (Phi) is 3.99. The lowest BCUT2D eigenvalue weighted by atomic mass is 10.2. The van der Waals surface area contributed by atoms with Gasteiger partial charge < -0.3 is 10.1 Å². The Hall–Kier alpha value is -3.06. The summed E-state index contributed by atoms with van der Waals surface area (Å²) in [4.78, 5) is 17.9. The zero-order valence-corrected chi connectivity index (χ0v) is 13.4. The van der Waals surface area contributed by atoms with Crippen molar-refractivity contribution in [3.63, 3.8) is 0 Å². The van der Waals surface area contributed by atoms with Gasteiger partial charge in [-0.15, -0.1) is 11.3 Å². The third-order valence-corrected chi connectivity index (χ3v) is 4.09. The Morgan fingerprint density at radius 1 is 1.00 bits per heavy atom. The fourth-order valence-electron chi connectivity index (χ4n) is 2.23. The molecule has 0 aliphatic carbocycles. The van der Waals surface area contributed by atoms with Gasteiger partial charge in [-0.25, -0.2) is 19.9 Å². The van der Waals surface area contributed by atoms with Crippen LogP contribution in [0.5, 0.6) is 11.6 Å². The molecule has 0 atom stereocenters. The number of fused-ring (bicyclic) bond motifs is 1. The van der Waals surface area contributed by atoms with Gasteiger partial charge in [-0.05, 0) is 23.8 Å². The summed E-state index contributed by atoms with van der Waals surface area (Å²) in [7, 11) is 0. The first kappa shape index (κ1) is 14.5. The highest BCUT2D eigenvalue weighted by atomic mass is 32.1. The molecule has 0 aliphatic rings. The quantitative estimate of drug-likeness (QED) is 0.596. The van der Waals surface area contributed by atoms with Crippen LogP contribution in [0.1, 0.15) is 5.56 Å². The highest BCUT2D eigenvalue weighted by Gasteiger charge is 2.06. The first-order valence-electron chi connectivity index (χ1n) is 7.34. The van der Waals surface area contributed by atoms with Crippen LogP contribution >= 0.6 is 11.3 Å². The standard InChI is InChI=1S/C17H13N5OS/c1-2-4-13(5-3-1)23-14-8-12(6-7-18-14)9-19-16-15-17(21-10-20-16)24-11-22-15/h1-8,10-11H,9H2,(H,19,20,21). The van der Waals surface area contributed by atoms with Crippen LogP contribution in [-0.4, -0.2) is 19.9 Å². The Morgan fingerprint density at radius 2 is 1.92 bits per heavy atom. The summed E-state index contributed by atoms with van der Waals surface area (Å²) >= 11 is 1.49. The van der Waals surface area contributed by atoms with E-state index < -0.39 is 0 Å². The monoisotopic (exact) mass is 335 g/mol. The summed E-state index contributed by atoms with van der Waals surface area (Å²) in [5.41, 5.74) is 3.60. The minimum absolute atomic E-state index is 0.557. The molecule has 0 saturated heterocycles. The molecule has 1 aromatic carbocycles. The molecule has 0 saturated carbocycles. The fraction of sp³-hybridized carbons (Fsp3) is 0.0588. The van der Waals surface area contributed by atoms with E-state index >= 15 is 0 Å². The second kappa shape index (κ2) is 6.59. The maximum Gasteiger partial charge on any atom is 0.219 e. The molecule has 7 heteroatoms. The molecule has 1 N–H and O–H groups in total. The lowest BCUT2D eigenvalue weighted by Gasteiger charge is -2.08. The predicted octanol–water partition coefficient (Wildman–Crippen LogP) is 3.89. The van der Waals surface area contributed by atoms with Crippen molar-refractivity contribution in [2.75, 3.05) is 5.32 Å². The molecule has 4 aromatic rings. The van der Waals surface area contributed by atoms with Crippen LogP contribution in [0.15, 0.2) is 60.5 Å². The van der Waals surface area contributed by atoms with E-state index in [0.29, 0.717) is 12.4 Å². The number of nitrogens with one attached hydrogen (secondary N) is 1. The molecular formula is C17H13N5OS. The lowest BCUT2D eigenvalue weighted by molar-refractivity contribution is 0.462. The molecule has 0 spiro atoms. The molecule has 24 heavy (non-hydrogen) atoms. The van der Waals surface area contributed by atoms with Gasteiger partial charge in [-0.2, -0.15) is 0 Å². The largest absolute Gasteiger partial charge is 0.439 e. The Labute approximate surface area is 142 Å². The lowest BCUT2D eigenvalue weighted by Crippen LogP contribution is -2.03. The van der Waals surface area contributed by atoms with Gasteiger partial charge in [0.05, 0.1) is 5.51 Å². The van der Waals surface area contributed by atoms with Gasteiger partial charge in [0.2, 0.25) is 5.88 Å². The van der Waals surface area contributed by atoms with Crippen molar-refractivity contribution >= 4 is 27.5 Å². The molecule has 3 heterocycles. The molecule has 4 rings (SSSR count). The number of anilines is 1.